The zero-order chi connectivity index (χ0) is 18.4. The molecule has 0 amide bonds. The summed E-state index contributed by atoms with van der Waals surface area (Å²) in [5, 5.41) is 6.26. The first-order valence-electron chi connectivity index (χ1n) is 7.71. The van der Waals surface area contributed by atoms with E-state index < -0.39 is 15.6 Å². The van der Waals surface area contributed by atoms with Crippen LogP contribution < -0.4 is 15.4 Å². The first kappa shape index (κ1) is 24.1. The standard InChI is InChI=1S/C16H27FN4O2S.HI/c1-12-10-14(17)7-6-13(12)8-9-19-15(18-4)20-11-16(2,3)21-24(5,22)23;/h6-7,10,21H,8-9,11H2,1-5H3,(H2,18,19,20);1H. The van der Waals surface area contributed by atoms with Crippen molar-refractivity contribution in [2.24, 2.45) is 4.99 Å². The van der Waals surface area contributed by atoms with Crippen LogP contribution in [0.5, 0.6) is 0 Å². The van der Waals surface area contributed by atoms with E-state index in [-0.39, 0.29) is 29.8 Å². The van der Waals surface area contributed by atoms with E-state index in [1.807, 2.05) is 6.92 Å². The molecule has 0 unspecified atom stereocenters. The van der Waals surface area contributed by atoms with Crippen molar-refractivity contribution in [1.29, 1.82) is 0 Å². The van der Waals surface area contributed by atoms with Gasteiger partial charge < -0.3 is 10.6 Å². The molecule has 1 rings (SSSR count). The van der Waals surface area contributed by atoms with Gasteiger partial charge >= 0.3 is 0 Å². The van der Waals surface area contributed by atoms with E-state index in [4.69, 9.17) is 0 Å². The van der Waals surface area contributed by atoms with Crippen LogP contribution in [-0.2, 0) is 16.4 Å². The molecule has 9 heteroatoms. The molecule has 144 valence electrons. The van der Waals surface area contributed by atoms with Crippen LogP contribution in [0.2, 0.25) is 0 Å². The number of halogens is 2. The smallest absolute Gasteiger partial charge is 0.209 e. The van der Waals surface area contributed by atoms with E-state index in [0.29, 0.717) is 19.0 Å². The van der Waals surface area contributed by atoms with Crippen molar-refractivity contribution < 1.29 is 12.8 Å². The Labute approximate surface area is 167 Å². The van der Waals surface area contributed by atoms with Gasteiger partial charge in [0.2, 0.25) is 10.0 Å². The van der Waals surface area contributed by atoms with Crippen LogP contribution in [0.15, 0.2) is 23.2 Å². The van der Waals surface area contributed by atoms with Crippen molar-refractivity contribution in [3.05, 3.63) is 35.1 Å². The fourth-order valence-electron chi connectivity index (χ4n) is 2.32. The van der Waals surface area contributed by atoms with Crippen molar-refractivity contribution in [3.63, 3.8) is 0 Å². The molecule has 0 heterocycles. The minimum Gasteiger partial charge on any atom is -0.356 e. The zero-order valence-electron chi connectivity index (χ0n) is 15.3. The molecule has 3 N–H and O–H groups in total. The van der Waals surface area contributed by atoms with E-state index in [9.17, 15) is 12.8 Å². The topological polar surface area (TPSA) is 82.6 Å². The van der Waals surface area contributed by atoms with Gasteiger partial charge in [-0.1, -0.05) is 6.07 Å². The largest absolute Gasteiger partial charge is 0.356 e. The Bertz CT molecular complexity index is 693. The third-order valence-corrected chi connectivity index (χ3v) is 4.30. The van der Waals surface area contributed by atoms with Crippen LogP contribution in [0.3, 0.4) is 0 Å². The summed E-state index contributed by atoms with van der Waals surface area (Å²) in [6.07, 6.45) is 1.87. The molecule has 0 aliphatic rings. The summed E-state index contributed by atoms with van der Waals surface area (Å²) in [4.78, 5) is 4.11. The molecule has 0 aromatic heterocycles. The van der Waals surface area contributed by atoms with E-state index in [2.05, 4.69) is 20.3 Å². The van der Waals surface area contributed by atoms with Gasteiger partial charge in [0.25, 0.3) is 0 Å². The molecular weight excluding hydrogens is 458 g/mol. The van der Waals surface area contributed by atoms with Gasteiger partial charge in [-0.05, 0) is 50.5 Å². The third kappa shape index (κ3) is 9.95. The third-order valence-electron chi connectivity index (χ3n) is 3.37. The first-order valence-corrected chi connectivity index (χ1v) is 9.60. The van der Waals surface area contributed by atoms with E-state index in [0.717, 1.165) is 23.8 Å². The van der Waals surface area contributed by atoms with E-state index >= 15 is 0 Å². The van der Waals surface area contributed by atoms with Gasteiger partial charge in [-0.15, -0.1) is 24.0 Å². The summed E-state index contributed by atoms with van der Waals surface area (Å²) in [6, 6.07) is 4.75. The summed E-state index contributed by atoms with van der Waals surface area (Å²) in [5.74, 6) is 0.348. The zero-order valence-corrected chi connectivity index (χ0v) is 18.5. The Kier molecular flexibility index (Phi) is 9.88. The van der Waals surface area contributed by atoms with Crippen LogP contribution in [0.1, 0.15) is 25.0 Å². The highest BCUT2D eigenvalue weighted by Crippen LogP contribution is 2.10. The fraction of sp³-hybridized carbons (Fsp3) is 0.562. The summed E-state index contributed by atoms with van der Waals surface area (Å²) >= 11 is 0. The molecule has 0 saturated carbocycles. The molecule has 25 heavy (non-hydrogen) atoms. The normalized spacial score (nSPS) is 12.5. The van der Waals surface area contributed by atoms with Gasteiger partial charge in [-0.25, -0.2) is 17.5 Å². The van der Waals surface area contributed by atoms with Crippen LogP contribution in [0.25, 0.3) is 0 Å². The summed E-state index contributed by atoms with van der Waals surface area (Å²) in [7, 11) is -1.63. The Hall–Kier alpha value is -0.940. The molecule has 0 aliphatic carbocycles. The highest BCUT2D eigenvalue weighted by atomic mass is 127. The lowest BCUT2D eigenvalue weighted by molar-refractivity contribution is 0.446. The second kappa shape index (κ2) is 10.3. The number of benzene rings is 1. The number of aryl methyl sites for hydroxylation is 1. The molecule has 0 spiro atoms. The molecule has 0 saturated heterocycles. The van der Waals surface area contributed by atoms with Gasteiger partial charge in [0.15, 0.2) is 5.96 Å². The molecule has 1 aromatic carbocycles. The van der Waals surface area contributed by atoms with Gasteiger partial charge in [0.1, 0.15) is 5.82 Å². The van der Waals surface area contributed by atoms with Crippen LogP contribution >= 0.6 is 24.0 Å². The molecule has 0 atom stereocenters. The Morgan fingerprint density at radius 2 is 1.92 bits per heavy atom. The number of nitrogens with one attached hydrogen (secondary N) is 3. The average molecular weight is 486 g/mol. The van der Waals surface area contributed by atoms with Gasteiger partial charge in [-0.3, -0.25) is 4.99 Å². The maximum Gasteiger partial charge on any atom is 0.209 e. The Morgan fingerprint density at radius 3 is 2.44 bits per heavy atom. The minimum absolute atomic E-state index is 0. The molecule has 0 bridgehead atoms. The SMILES string of the molecule is CN=C(NCCc1ccc(F)cc1C)NCC(C)(C)NS(C)(=O)=O.I. The molecule has 0 radical (unpaired) electrons. The number of guanidine groups is 1. The van der Waals surface area contributed by atoms with Crippen molar-refractivity contribution in [2.45, 2.75) is 32.7 Å². The van der Waals surface area contributed by atoms with E-state index in [1.54, 1.807) is 27.0 Å². The van der Waals surface area contributed by atoms with Gasteiger partial charge in [-0.2, -0.15) is 0 Å². The number of rotatable bonds is 7. The molecule has 1 aromatic rings. The van der Waals surface area contributed by atoms with Crippen molar-refractivity contribution in [2.75, 3.05) is 26.4 Å². The summed E-state index contributed by atoms with van der Waals surface area (Å²) in [5.41, 5.74) is 1.34. The number of aliphatic imine (C=N–C) groups is 1. The summed E-state index contributed by atoms with van der Waals surface area (Å²) in [6.45, 7) is 6.47. The highest BCUT2D eigenvalue weighted by Gasteiger charge is 2.22. The van der Waals surface area contributed by atoms with Crippen LogP contribution in [0.4, 0.5) is 4.39 Å². The Morgan fingerprint density at radius 1 is 1.28 bits per heavy atom. The molecule has 6 nitrogen and oxygen atoms in total. The van der Waals surface area contributed by atoms with Crippen LogP contribution in [0, 0.1) is 12.7 Å². The minimum atomic E-state index is -3.28. The average Bonchev–Trinajstić information content (AvgIpc) is 2.42. The predicted molar refractivity (Wildman–Crippen MR) is 112 cm³/mol. The van der Waals surface area contributed by atoms with Crippen molar-refractivity contribution in [3.8, 4) is 0 Å². The monoisotopic (exact) mass is 486 g/mol. The maximum absolute atomic E-state index is 13.1. The maximum atomic E-state index is 13.1. The number of hydrogen-bond donors (Lipinski definition) is 3. The predicted octanol–water partition coefficient (Wildman–Crippen LogP) is 1.79. The number of nitrogens with zero attached hydrogens (tertiary/aromatic N) is 1. The van der Waals surface area contributed by atoms with Gasteiger partial charge in [0.05, 0.1) is 6.26 Å². The van der Waals surface area contributed by atoms with Crippen molar-refractivity contribution in [1.82, 2.24) is 15.4 Å². The van der Waals surface area contributed by atoms with Gasteiger partial charge in [0, 0.05) is 25.7 Å². The fourth-order valence-corrected chi connectivity index (χ4v) is 3.39. The van der Waals surface area contributed by atoms with E-state index in [1.165, 1.54) is 12.1 Å². The number of sulfonamides is 1. The summed E-state index contributed by atoms with van der Waals surface area (Å²) < 4.78 is 38.3. The lowest BCUT2D eigenvalue weighted by Gasteiger charge is -2.26. The first-order chi connectivity index (χ1) is 11.0. The second-order valence-electron chi connectivity index (χ2n) is 6.43. The lowest BCUT2D eigenvalue weighted by atomic mass is 10.1. The second-order valence-corrected chi connectivity index (χ2v) is 8.18. The molecule has 0 aliphatic heterocycles. The Balaban J connectivity index is 0.00000576. The molecular formula is C16H28FIN4O2S. The lowest BCUT2D eigenvalue weighted by Crippen LogP contribution is -2.53. The molecule has 0 fully saturated rings. The van der Waals surface area contributed by atoms with Crippen molar-refractivity contribution >= 4 is 40.0 Å². The van der Waals surface area contributed by atoms with Crippen LogP contribution in [-0.4, -0.2) is 46.3 Å². The quantitative estimate of drug-likeness (QED) is 0.312. The number of hydrogen-bond acceptors (Lipinski definition) is 3. The highest BCUT2D eigenvalue weighted by molar-refractivity contribution is 14.0.